The number of hydrogen-bond acceptors (Lipinski definition) is 4. The third kappa shape index (κ3) is 2.59. The lowest BCUT2D eigenvalue weighted by Gasteiger charge is -2.23. The van der Waals surface area contributed by atoms with Gasteiger partial charge in [0.1, 0.15) is 5.75 Å². The molecule has 1 unspecified atom stereocenters. The molecule has 94 valence electrons. The second kappa shape index (κ2) is 4.88. The summed E-state index contributed by atoms with van der Waals surface area (Å²) >= 11 is 1.77. The Kier molecular flexibility index (Phi) is 3.65. The molecule has 1 saturated heterocycles. The topological polar surface area (TPSA) is 57.6 Å². The smallest absolute Gasteiger partial charge is 0.243 e. The molecule has 0 bridgehead atoms. The number of hydrogen-bond donors (Lipinski definition) is 1. The first-order chi connectivity index (χ1) is 8.01. The minimum atomic E-state index is -3.48. The third-order valence-electron chi connectivity index (χ3n) is 2.91. The normalized spacial score (nSPS) is 20.9. The fourth-order valence-electron chi connectivity index (χ4n) is 1.82. The van der Waals surface area contributed by atoms with Crippen LogP contribution in [0, 0.1) is 0 Å². The second-order valence-corrected chi connectivity index (χ2v) is 7.18. The highest BCUT2D eigenvalue weighted by Crippen LogP contribution is 2.27. The van der Waals surface area contributed by atoms with Gasteiger partial charge in [0, 0.05) is 18.8 Å². The van der Waals surface area contributed by atoms with Gasteiger partial charge in [0.05, 0.1) is 4.90 Å². The summed E-state index contributed by atoms with van der Waals surface area (Å²) in [7, 11) is -1.88. The molecule has 17 heavy (non-hydrogen) atoms. The molecule has 0 amide bonds. The number of nitrogens with zero attached hydrogens (tertiary/aromatic N) is 1. The van der Waals surface area contributed by atoms with E-state index < -0.39 is 10.0 Å². The summed E-state index contributed by atoms with van der Waals surface area (Å²) in [5.41, 5.74) is 0. The minimum Gasteiger partial charge on any atom is -0.508 e. The maximum atomic E-state index is 12.3. The molecular weight excluding hydrogens is 258 g/mol. The largest absolute Gasteiger partial charge is 0.508 e. The first-order valence-corrected chi connectivity index (χ1v) is 7.96. The molecule has 0 radical (unpaired) electrons. The van der Waals surface area contributed by atoms with Gasteiger partial charge in [-0.3, -0.25) is 0 Å². The standard InChI is InChI=1S/C11H15NO3S2/c1-12(9-5-6-16-8-9)17(14,15)11-4-2-3-10(13)7-11/h2-4,7,9,13H,5-6,8H2,1H3. The summed E-state index contributed by atoms with van der Waals surface area (Å²) in [5, 5.41) is 9.34. The van der Waals surface area contributed by atoms with Crippen molar-refractivity contribution in [3.63, 3.8) is 0 Å². The average molecular weight is 273 g/mol. The van der Waals surface area contributed by atoms with Gasteiger partial charge in [0.15, 0.2) is 0 Å². The Morgan fingerprint density at radius 2 is 2.24 bits per heavy atom. The highest BCUT2D eigenvalue weighted by molar-refractivity contribution is 7.99. The van der Waals surface area contributed by atoms with Gasteiger partial charge in [-0.2, -0.15) is 16.1 Å². The zero-order valence-electron chi connectivity index (χ0n) is 9.54. The molecule has 0 saturated carbocycles. The zero-order valence-corrected chi connectivity index (χ0v) is 11.2. The van der Waals surface area contributed by atoms with Crippen molar-refractivity contribution in [3.05, 3.63) is 24.3 Å². The highest BCUT2D eigenvalue weighted by Gasteiger charge is 2.30. The maximum absolute atomic E-state index is 12.3. The van der Waals surface area contributed by atoms with E-state index >= 15 is 0 Å². The van der Waals surface area contributed by atoms with Gasteiger partial charge in [0.2, 0.25) is 10.0 Å². The Bertz CT molecular complexity index is 495. The molecule has 1 aliphatic rings. The molecule has 0 aliphatic carbocycles. The summed E-state index contributed by atoms with van der Waals surface area (Å²) < 4.78 is 26.0. The van der Waals surface area contributed by atoms with Gasteiger partial charge in [0.25, 0.3) is 0 Å². The lowest BCUT2D eigenvalue weighted by Crippen LogP contribution is -2.36. The van der Waals surface area contributed by atoms with Gasteiger partial charge >= 0.3 is 0 Å². The van der Waals surface area contributed by atoms with E-state index in [4.69, 9.17) is 0 Å². The van der Waals surface area contributed by atoms with Crippen LogP contribution in [0.3, 0.4) is 0 Å². The van der Waals surface area contributed by atoms with Gasteiger partial charge < -0.3 is 5.11 Å². The number of thioether (sulfide) groups is 1. The van der Waals surface area contributed by atoms with Crippen LogP contribution in [-0.2, 0) is 10.0 Å². The van der Waals surface area contributed by atoms with Crippen LogP contribution in [-0.4, -0.2) is 42.4 Å². The van der Waals surface area contributed by atoms with E-state index in [9.17, 15) is 13.5 Å². The number of phenols is 1. The SMILES string of the molecule is CN(C1CCSC1)S(=O)(=O)c1cccc(O)c1. The first kappa shape index (κ1) is 12.7. The number of sulfonamides is 1. The molecule has 2 rings (SSSR count). The Morgan fingerprint density at radius 1 is 1.47 bits per heavy atom. The quantitative estimate of drug-likeness (QED) is 0.907. The molecule has 0 aromatic heterocycles. The monoisotopic (exact) mass is 273 g/mol. The van der Waals surface area contributed by atoms with Crippen LogP contribution in [0.4, 0.5) is 0 Å². The molecule has 6 heteroatoms. The highest BCUT2D eigenvalue weighted by atomic mass is 32.2. The van der Waals surface area contributed by atoms with Crippen LogP contribution in [0.1, 0.15) is 6.42 Å². The third-order valence-corrected chi connectivity index (χ3v) is 5.97. The van der Waals surface area contributed by atoms with Crippen LogP contribution >= 0.6 is 11.8 Å². The van der Waals surface area contributed by atoms with Crippen LogP contribution in [0.15, 0.2) is 29.2 Å². The van der Waals surface area contributed by atoms with Gasteiger partial charge in [-0.15, -0.1) is 0 Å². The summed E-state index contributed by atoms with van der Waals surface area (Å²) in [6.07, 6.45) is 0.888. The second-order valence-electron chi connectivity index (χ2n) is 4.04. The van der Waals surface area contributed by atoms with E-state index in [0.29, 0.717) is 0 Å². The summed E-state index contributed by atoms with van der Waals surface area (Å²) in [5.74, 6) is 1.82. The molecule has 1 fully saturated rings. The molecule has 1 aromatic carbocycles. The van der Waals surface area contributed by atoms with Crippen molar-refractivity contribution in [1.82, 2.24) is 4.31 Å². The van der Waals surface area contributed by atoms with Crippen LogP contribution in [0.2, 0.25) is 0 Å². The van der Waals surface area contributed by atoms with Gasteiger partial charge in [-0.1, -0.05) is 6.07 Å². The van der Waals surface area contributed by atoms with Crippen molar-refractivity contribution >= 4 is 21.8 Å². The lowest BCUT2D eigenvalue weighted by atomic mass is 10.3. The van der Waals surface area contributed by atoms with Gasteiger partial charge in [-0.25, -0.2) is 8.42 Å². The van der Waals surface area contributed by atoms with Crippen molar-refractivity contribution in [3.8, 4) is 5.75 Å². The number of benzene rings is 1. The Hall–Kier alpha value is -0.720. The zero-order chi connectivity index (χ0) is 12.5. The fraction of sp³-hybridized carbons (Fsp3) is 0.455. The number of phenolic OH excluding ortho intramolecular Hbond substituents is 1. The van der Waals surface area contributed by atoms with Crippen LogP contribution in [0.5, 0.6) is 5.75 Å². The Balaban J connectivity index is 2.29. The molecule has 0 spiro atoms. The fourth-order valence-corrected chi connectivity index (χ4v) is 4.60. The number of rotatable bonds is 3. The number of aromatic hydroxyl groups is 1. The first-order valence-electron chi connectivity index (χ1n) is 5.36. The molecule has 1 N–H and O–H groups in total. The van der Waals surface area contributed by atoms with Gasteiger partial charge in [-0.05, 0) is 30.4 Å². The molecular formula is C11H15NO3S2. The van der Waals surface area contributed by atoms with Crippen molar-refractivity contribution in [1.29, 1.82) is 0 Å². The summed E-state index contributed by atoms with van der Waals surface area (Å²) in [6.45, 7) is 0. The van der Waals surface area contributed by atoms with E-state index in [1.807, 2.05) is 0 Å². The molecule has 1 heterocycles. The van der Waals surface area contributed by atoms with E-state index in [2.05, 4.69) is 0 Å². The Morgan fingerprint density at radius 3 is 2.82 bits per heavy atom. The van der Waals surface area contributed by atoms with Crippen molar-refractivity contribution < 1.29 is 13.5 Å². The van der Waals surface area contributed by atoms with Crippen molar-refractivity contribution in [2.24, 2.45) is 0 Å². The van der Waals surface area contributed by atoms with Crippen LogP contribution < -0.4 is 0 Å². The molecule has 1 atom stereocenters. The maximum Gasteiger partial charge on any atom is 0.243 e. The lowest BCUT2D eigenvalue weighted by molar-refractivity contribution is 0.394. The molecule has 4 nitrogen and oxygen atoms in total. The van der Waals surface area contributed by atoms with E-state index in [1.54, 1.807) is 24.9 Å². The van der Waals surface area contributed by atoms with E-state index in [1.165, 1.54) is 22.5 Å². The van der Waals surface area contributed by atoms with E-state index in [-0.39, 0.29) is 16.7 Å². The average Bonchev–Trinajstić information content (AvgIpc) is 2.81. The van der Waals surface area contributed by atoms with E-state index in [0.717, 1.165) is 17.9 Å². The molecule has 1 aromatic rings. The predicted molar refractivity (Wildman–Crippen MR) is 68.8 cm³/mol. The summed E-state index contributed by atoms with van der Waals surface area (Å²) in [4.78, 5) is 0.150. The van der Waals surface area contributed by atoms with Crippen molar-refractivity contribution in [2.45, 2.75) is 17.4 Å². The van der Waals surface area contributed by atoms with Crippen LogP contribution in [0.25, 0.3) is 0 Å². The Labute approximate surface area is 106 Å². The van der Waals surface area contributed by atoms with Crippen molar-refractivity contribution in [2.75, 3.05) is 18.6 Å². The predicted octanol–water partition coefficient (Wildman–Crippen LogP) is 1.52. The minimum absolute atomic E-state index is 0.0275. The summed E-state index contributed by atoms with van der Waals surface area (Å²) in [6, 6.07) is 5.86. The molecule has 1 aliphatic heterocycles.